The summed E-state index contributed by atoms with van der Waals surface area (Å²) in [5.41, 5.74) is -6.81. The summed E-state index contributed by atoms with van der Waals surface area (Å²) in [5, 5.41) is 8.25. The number of likely N-dealkylation sites (tertiary alicyclic amines) is 1. The zero-order valence-electron chi connectivity index (χ0n) is 19.9. The number of carbonyl (C=O) groups excluding carboxylic acids is 1. The Morgan fingerprint density at radius 3 is 2.24 bits per heavy atom. The predicted octanol–water partition coefficient (Wildman–Crippen LogP) is 4.55. The molecule has 1 amide bonds. The Balaban J connectivity index is 1.39. The fourth-order valence-corrected chi connectivity index (χ4v) is 5.41. The van der Waals surface area contributed by atoms with Crippen molar-refractivity contribution in [1.29, 1.82) is 0 Å². The molecule has 204 valence electrons. The summed E-state index contributed by atoms with van der Waals surface area (Å²) in [6, 6.07) is 1.45. The Kier molecular flexibility index (Phi) is 6.80. The fourth-order valence-electron chi connectivity index (χ4n) is 4.08. The van der Waals surface area contributed by atoms with Crippen LogP contribution >= 0.6 is 11.3 Å². The number of halogens is 5. The van der Waals surface area contributed by atoms with E-state index in [1.54, 1.807) is 25.7 Å². The SMILES string of the molecule is CC(C)(C)OC(=O)N1CCC2(CC1)CN(c1nnc(-c3ccc(OS(=O)(=O)C(F)(F)F)c(F)c3F)s1)C2. The average molecular weight is 571 g/mol. The number of benzene rings is 1. The van der Waals surface area contributed by atoms with Gasteiger partial charge in [0.1, 0.15) is 5.60 Å². The molecule has 0 atom stereocenters. The van der Waals surface area contributed by atoms with Crippen LogP contribution in [0.15, 0.2) is 12.1 Å². The molecule has 0 aliphatic carbocycles. The van der Waals surface area contributed by atoms with Crippen molar-refractivity contribution in [2.24, 2.45) is 5.41 Å². The number of nitrogens with zero attached hydrogens (tertiary/aromatic N) is 4. The number of amides is 1. The topological polar surface area (TPSA) is 102 Å². The van der Waals surface area contributed by atoms with Crippen molar-refractivity contribution in [3.05, 3.63) is 23.8 Å². The monoisotopic (exact) mass is 570 g/mol. The van der Waals surface area contributed by atoms with E-state index >= 15 is 0 Å². The highest BCUT2D eigenvalue weighted by Gasteiger charge is 2.49. The lowest BCUT2D eigenvalue weighted by atomic mass is 9.72. The minimum Gasteiger partial charge on any atom is -0.444 e. The van der Waals surface area contributed by atoms with Gasteiger partial charge >= 0.3 is 21.7 Å². The van der Waals surface area contributed by atoms with Crippen molar-refractivity contribution >= 4 is 32.7 Å². The zero-order chi connectivity index (χ0) is 27.4. The first-order valence-electron chi connectivity index (χ1n) is 11.1. The van der Waals surface area contributed by atoms with Gasteiger partial charge < -0.3 is 18.7 Å². The van der Waals surface area contributed by atoms with Crippen LogP contribution in [0.25, 0.3) is 10.6 Å². The van der Waals surface area contributed by atoms with E-state index in [2.05, 4.69) is 14.4 Å². The van der Waals surface area contributed by atoms with Gasteiger partial charge in [0.25, 0.3) is 0 Å². The van der Waals surface area contributed by atoms with Crippen molar-refractivity contribution in [3.8, 4) is 16.3 Å². The van der Waals surface area contributed by atoms with Crippen LogP contribution in [0.1, 0.15) is 33.6 Å². The molecule has 0 unspecified atom stereocenters. The van der Waals surface area contributed by atoms with Gasteiger partial charge in [0.2, 0.25) is 10.9 Å². The molecule has 4 rings (SSSR count). The van der Waals surface area contributed by atoms with Crippen LogP contribution in [0.2, 0.25) is 0 Å². The van der Waals surface area contributed by atoms with Gasteiger partial charge in [0.15, 0.2) is 16.6 Å². The average Bonchev–Trinajstić information content (AvgIpc) is 3.23. The highest BCUT2D eigenvalue weighted by atomic mass is 32.2. The zero-order valence-corrected chi connectivity index (χ0v) is 21.6. The summed E-state index contributed by atoms with van der Waals surface area (Å²) in [6.45, 7) is 7.76. The van der Waals surface area contributed by atoms with Gasteiger partial charge in [-0.1, -0.05) is 11.3 Å². The van der Waals surface area contributed by atoms with Crippen molar-refractivity contribution in [1.82, 2.24) is 15.1 Å². The molecule has 0 radical (unpaired) electrons. The van der Waals surface area contributed by atoms with E-state index in [0.29, 0.717) is 37.4 Å². The molecule has 2 aliphatic heterocycles. The second-order valence-electron chi connectivity index (χ2n) is 9.94. The molecule has 1 aromatic carbocycles. The number of hydrogen-bond donors (Lipinski definition) is 0. The molecule has 0 N–H and O–H groups in total. The summed E-state index contributed by atoms with van der Waals surface area (Å²) in [4.78, 5) is 15.9. The van der Waals surface area contributed by atoms with Gasteiger partial charge in [0, 0.05) is 31.6 Å². The Hall–Kier alpha value is -2.75. The minimum atomic E-state index is -6.17. The molecule has 2 saturated heterocycles. The van der Waals surface area contributed by atoms with Gasteiger partial charge in [0.05, 0.1) is 5.56 Å². The Labute approximate surface area is 213 Å². The van der Waals surface area contributed by atoms with Gasteiger partial charge in [-0.25, -0.2) is 9.18 Å². The van der Waals surface area contributed by atoms with Crippen LogP contribution in [0.3, 0.4) is 0 Å². The van der Waals surface area contributed by atoms with E-state index in [1.165, 1.54) is 0 Å². The molecule has 1 spiro atoms. The number of hydrogen-bond acceptors (Lipinski definition) is 9. The number of ether oxygens (including phenoxy) is 1. The Bertz CT molecular complexity index is 1290. The van der Waals surface area contributed by atoms with Crippen molar-refractivity contribution in [2.75, 3.05) is 31.1 Å². The third-order valence-electron chi connectivity index (χ3n) is 5.97. The number of aromatic nitrogens is 2. The normalized spacial score (nSPS) is 18.1. The maximum absolute atomic E-state index is 14.6. The van der Waals surface area contributed by atoms with Crippen molar-refractivity contribution in [3.63, 3.8) is 0 Å². The summed E-state index contributed by atoms with van der Waals surface area (Å²) in [6.07, 6.45) is 1.17. The lowest BCUT2D eigenvalue weighted by Crippen LogP contribution is -2.61. The van der Waals surface area contributed by atoms with E-state index in [1.807, 2.05) is 4.90 Å². The standard InChI is InChI=1S/C21H23F5N4O5S2/c1-19(2,3)34-18(31)29-8-6-20(7-9-29)10-30(11-20)17-28-27-16(36-17)12-4-5-13(15(23)14(12)22)35-37(32,33)21(24,25)26/h4-5H,6-11H2,1-3H3. The first-order valence-corrected chi connectivity index (χ1v) is 13.3. The Morgan fingerprint density at radius 1 is 1.05 bits per heavy atom. The summed E-state index contributed by atoms with van der Waals surface area (Å²) in [5.74, 6) is -4.94. The molecule has 1 aromatic heterocycles. The van der Waals surface area contributed by atoms with Crippen LogP contribution in [-0.4, -0.2) is 66.9 Å². The molecule has 0 bridgehead atoms. The summed E-state index contributed by atoms with van der Waals surface area (Å²) >= 11 is 0.949. The molecule has 0 saturated carbocycles. The number of carbonyl (C=O) groups is 1. The quantitative estimate of drug-likeness (QED) is 0.300. The highest BCUT2D eigenvalue weighted by Crippen LogP contribution is 2.44. The lowest BCUT2D eigenvalue weighted by molar-refractivity contribution is -0.0501. The maximum Gasteiger partial charge on any atom is 0.534 e. The third-order valence-corrected chi connectivity index (χ3v) is 7.96. The first kappa shape index (κ1) is 27.3. The molecule has 3 heterocycles. The molecule has 2 aromatic rings. The Morgan fingerprint density at radius 2 is 1.68 bits per heavy atom. The molecule has 37 heavy (non-hydrogen) atoms. The minimum absolute atomic E-state index is 0.0231. The molecular formula is C21H23F5N4O5S2. The fraction of sp³-hybridized carbons (Fsp3) is 0.571. The maximum atomic E-state index is 14.6. The second-order valence-corrected chi connectivity index (χ2v) is 12.4. The smallest absolute Gasteiger partial charge is 0.444 e. The van der Waals surface area contributed by atoms with Gasteiger partial charge in [-0.05, 0) is 45.7 Å². The van der Waals surface area contributed by atoms with Crippen LogP contribution in [0.5, 0.6) is 5.75 Å². The first-order chi connectivity index (χ1) is 17.0. The van der Waals surface area contributed by atoms with Crippen LogP contribution in [0.4, 0.5) is 31.9 Å². The molecule has 2 fully saturated rings. The summed E-state index contributed by atoms with van der Waals surface area (Å²) in [7, 11) is -6.17. The second kappa shape index (κ2) is 9.22. The van der Waals surface area contributed by atoms with E-state index < -0.39 is 44.2 Å². The number of anilines is 1. The largest absolute Gasteiger partial charge is 0.534 e. The number of alkyl halides is 3. The number of rotatable bonds is 4. The van der Waals surface area contributed by atoms with E-state index in [-0.39, 0.29) is 16.5 Å². The molecule has 9 nitrogen and oxygen atoms in total. The van der Waals surface area contributed by atoms with Crippen molar-refractivity contribution < 1.29 is 44.1 Å². The van der Waals surface area contributed by atoms with Crippen molar-refractivity contribution in [2.45, 2.75) is 44.7 Å². The summed E-state index contributed by atoms with van der Waals surface area (Å²) < 4.78 is 97.7. The van der Waals surface area contributed by atoms with Gasteiger partial charge in [-0.3, -0.25) is 0 Å². The third kappa shape index (κ3) is 5.58. The lowest BCUT2D eigenvalue weighted by Gasteiger charge is -2.53. The van der Waals surface area contributed by atoms with Crippen LogP contribution in [0, 0.1) is 17.0 Å². The highest BCUT2D eigenvalue weighted by molar-refractivity contribution is 7.88. The molecular weight excluding hydrogens is 547 g/mol. The molecule has 16 heteroatoms. The van der Waals surface area contributed by atoms with E-state index in [0.717, 1.165) is 30.2 Å². The van der Waals surface area contributed by atoms with Crippen LogP contribution < -0.4 is 9.08 Å². The predicted molar refractivity (Wildman–Crippen MR) is 123 cm³/mol. The van der Waals surface area contributed by atoms with Gasteiger partial charge in [-0.15, -0.1) is 10.2 Å². The van der Waals surface area contributed by atoms with Crippen LogP contribution in [-0.2, 0) is 14.9 Å². The number of piperidine rings is 1. The van der Waals surface area contributed by atoms with E-state index in [4.69, 9.17) is 4.74 Å². The molecule has 2 aliphatic rings. The van der Waals surface area contributed by atoms with Gasteiger partial charge in [-0.2, -0.15) is 26.0 Å². The van der Waals surface area contributed by atoms with E-state index in [9.17, 15) is 35.2 Å².